The quantitative estimate of drug-likeness (QED) is 0.836. The fourth-order valence-corrected chi connectivity index (χ4v) is 3.92. The van der Waals surface area contributed by atoms with Gasteiger partial charge in [0.15, 0.2) is 9.84 Å². The number of nitrogens with one attached hydrogen (secondary N) is 2. The highest BCUT2D eigenvalue weighted by Crippen LogP contribution is 2.27. The van der Waals surface area contributed by atoms with Crippen LogP contribution >= 0.6 is 0 Å². The molecule has 0 spiro atoms. The molecule has 1 aromatic heterocycles. The molecule has 0 aromatic carbocycles. The highest BCUT2D eigenvalue weighted by Gasteiger charge is 2.24. The summed E-state index contributed by atoms with van der Waals surface area (Å²) in [5.74, 6) is -0.933. The Bertz CT molecular complexity index is 678. The Labute approximate surface area is 123 Å². The minimum Gasteiger partial charge on any atom is -0.348 e. The third-order valence-corrected chi connectivity index (χ3v) is 5.27. The molecule has 0 fully saturated rings. The molecule has 1 aliphatic rings. The molecule has 0 unspecified atom stereocenters. The maximum absolute atomic E-state index is 11.9. The zero-order chi connectivity index (χ0) is 15.5. The largest absolute Gasteiger partial charge is 0.348 e. The average molecular weight is 312 g/mol. The fourth-order valence-electron chi connectivity index (χ4n) is 2.67. The van der Waals surface area contributed by atoms with E-state index < -0.39 is 21.5 Å². The Hall–Kier alpha value is -1.63. The van der Waals surface area contributed by atoms with Gasteiger partial charge in [0, 0.05) is 11.8 Å². The van der Waals surface area contributed by atoms with Crippen molar-refractivity contribution in [2.75, 3.05) is 11.5 Å². The van der Waals surface area contributed by atoms with Crippen LogP contribution in [0.5, 0.6) is 0 Å². The van der Waals surface area contributed by atoms with E-state index in [1.165, 1.54) is 6.07 Å². The first kappa shape index (κ1) is 15.8. The number of sulfone groups is 1. The van der Waals surface area contributed by atoms with Crippen molar-refractivity contribution < 1.29 is 13.2 Å². The van der Waals surface area contributed by atoms with Crippen molar-refractivity contribution in [1.29, 1.82) is 0 Å². The summed E-state index contributed by atoms with van der Waals surface area (Å²) in [5.41, 5.74) is 1.55. The molecule has 0 saturated carbocycles. The molecule has 0 saturated heterocycles. The molecule has 6 nitrogen and oxygen atoms in total. The standard InChI is InChI=1S/C14H20N2O4S/c1-2-8-21(19,20)9-14(18)16-12-5-3-4-11-10(12)6-7-13(17)15-11/h6-7,12H,2-5,8-9H2,1H3,(H,15,17)(H,16,18)/t12-/m0/s1. The molecule has 1 heterocycles. The highest BCUT2D eigenvalue weighted by atomic mass is 32.2. The Morgan fingerprint density at radius 2 is 2.19 bits per heavy atom. The number of pyridine rings is 1. The first-order chi connectivity index (χ1) is 9.91. The lowest BCUT2D eigenvalue weighted by Gasteiger charge is -2.25. The monoisotopic (exact) mass is 312 g/mol. The summed E-state index contributed by atoms with van der Waals surface area (Å²) in [6.07, 6.45) is 2.87. The predicted molar refractivity (Wildman–Crippen MR) is 79.8 cm³/mol. The summed E-state index contributed by atoms with van der Waals surface area (Å²) < 4.78 is 23.3. The average Bonchev–Trinajstić information content (AvgIpc) is 2.37. The Morgan fingerprint density at radius 3 is 2.90 bits per heavy atom. The van der Waals surface area contributed by atoms with Crippen LogP contribution in [0.3, 0.4) is 0 Å². The van der Waals surface area contributed by atoms with Crippen molar-refractivity contribution in [3.05, 3.63) is 33.7 Å². The van der Waals surface area contributed by atoms with E-state index in [0.717, 1.165) is 30.5 Å². The number of carbonyl (C=O) groups is 1. The minimum absolute atomic E-state index is 0.0228. The van der Waals surface area contributed by atoms with Gasteiger partial charge in [-0.1, -0.05) is 6.92 Å². The summed E-state index contributed by atoms with van der Waals surface area (Å²) in [6.45, 7) is 1.77. The molecule has 1 aliphatic carbocycles. The van der Waals surface area contributed by atoms with E-state index in [0.29, 0.717) is 6.42 Å². The third kappa shape index (κ3) is 4.17. The van der Waals surface area contributed by atoms with E-state index in [1.807, 2.05) is 0 Å². The van der Waals surface area contributed by atoms with Gasteiger partial charge in [0.1, 0.15) is 5.75 Å². The number of aromatic nitrogens is 1. The highest BCUT2D eigenvalue weighted by molar-refractivity contribution is 7.92. The van der Waals surface area contributed by atoms with Gasteiger partial charge in [-0.15, -0.1) is 0 Å². The summed E-state index contributed by atoms with van der Waals surface area (Å²) in [4.78, 5) is 26.0. The van der Waals surface area contributed by atoms with Gasteiger partial charge in [-0.05, 0) is 37.3 Å². The van der Waals surface area contributed by atoms with Crippen LogP contribution in [0.15, 0.2) is 16.9 Å². The van der Waals surface area contributed by atoms with E-state index in [1.54, 1.807) is 13.0 Å². The molecule has 116 valence electrons. The Kier molecular flexibility index (Phi) is 4.82. The van der Waals surface area contributed by atoms with E-state index in [4.69, 9.17) is 0 Å². The third-order valence-electron chi connectivity index (χ3n) is 3.53. The zero-order valence-electron chi connectivity index (χ0n) is 12.0. The zero-order valence-corrected chi connectivity index (χ0v) is 12.8. The van der Waals surface area contributed by atoms with E-state index in [2.05, 4.69) is 10.3 Å². The van der Waals surface area contributed by atoms with Gasteiger partial charge in [-0.3, -0.25) is 9.59 Å². The van der Waals surface area contributed by atoms with Crippen LogP contribution in [0.2, 0.25) is 0 Å². The summed E-state index contributed by atoms with van der Waals surface area (Å²) in [5, 5.41) is 2.77. The first-order valence-corrected chi connectivity index (χ1v) is 8.95. The van der Waals surface area contributed by atoms with E-state index >= 15 is 0 Å². The molecule has 2 rings (SSSR count). The number of fused-ring (bicyclic) bond motifs is 1. The molecule has 0 bridgehead atoms. The first-order valence-electron chi connectivity index (χ1n) is 7.13. The smallest absolute Gasteiger partial charge is 0.248 e. The van der Waals surface area contributed by atoms with Crippen LogP contribution in [0.4, 0.5) is 0 Å². The van der Waals surface area contributed by atoms with Crippen molar-refractivity contribution >= 4 is 15.7 Å². The molecule has 1 amide bonds. The second-order valence-corrected chi connectivity index (χ2v) is 7.54. The van der Waals surface area contributed by atoms with E-state index in [-0.39, 0.29) is 17.4 Å². The van der Waals surface area contributed by atoms with Crippen LogP contribution in [-0.4, -0.2) is 30.8 Å². The SMILES string of the molecule is CCCS(=O)(=O)CC(=O)N[C@H]1CCCc2[nH]c(=O)ccc21. The molecule has 21 heavy (non-hydrogen) atoms. The van der Waals surface area contributed by atoms with Crippen LogP contribution in [0.25, 0.3) is 0 Å². The number of carbonyl (C=O) groups excluding carboxylic acids is 1. The van der Waals surface area contributed by atoms with Gasteiger partial charge in [0.05, 0.1) is 11.8 Å². The van der Waals surface area contributed by atoms with Gasteiger partial charge >= 0.3 is 0 Å². The lowest BCUT2D eigenvalue weighted by Crippen LogP contribution is -2.36. The maximum Gasteiger partial charge on any atom is 0.248 e. The fraction of sp³-hybridized carbons (Fsp3) is 0.571. The van der Waals surface area contributed by atoms with Crippen molar-refractivity contribution in [3.63, 3.8) is 0 Å². The van der Waals surface area contributed by atoms with Crippen LogP contribution in [0, 0.1) is 0 Å². The molecular weight excluding hydrogens is 292 g/mol. The summed E-state index contributed by atoms with van der Waals surface area (Å²) in [6, 6.07) is 2.91. The molecule has 1 aromatic rings. The molecule has 7 heteroatoms. The molecule has 0 radical (unpaired) electrons. The second kappa shape index (κ2) is 6.43. The van der Waals surface area contributed by atoms with Gasteiger partial charge < -0.3 is 10.3 Å². The molecule has 1 atom stereocenters. The topological polar surface area (TPSA) is 96.1 Å². The molecular formula is C14H20N2O4S. The van der Waals surface area contributed by atoms with Crippen molar-refractivity contribution in [1.82, 2.24) is 10.3 Å². The number of hydrogen-bond donors (Lipinski definition) is 2. The lowest BCUT2D eigenvalue weighted by atomic mass is 9.91. The summed E-state index contributed by atoms with van der Waals surface area (Å²) in [7, 11) is -3.34. The number of aryl methyl sites for hydroxylation is 1. The predicted octanol–water partition coefficient (Wildman–Crippen LogP) is 0.693. The minimum atomic E-state index is -3.34. The molecule has 0 aliphatic heterocycles. The summed E-state index contributed by atoms with van der Waals surface area (Å²) >= 11 is 0. The normalized spacial score (nSPS) is 18.0. The van der Waals surface area contributed by atoms with Crippen molar-refractivity contribution in [3.8, 4) is 0 Å². The number of amides is 1. The number of aromatic amines is 1. The lowest BCUT2D eigenvalue weighted by molar-refractivity contribution is -0.119. The van der Waals surface area contributed by atoms with Gasteiger partial charge in [0.25, 0.3) is 0 Å². The van der Waals surface area contributed by atoms with Crippen molar-refractivity contribution in [2.24, 2.45) is 0 Å². The van der Waals surface area contributed by atoms with Crippen LogP contribution in [0.1, 0.15) is 43.5 Å². The van der Waals surface area contributed by atoms with Crippen LogP contribution < -0.4 is 10.9 Å². The van der Waals surface area contributed by atoms with Gasteiger partial charge in [-0.25, -0.2) is 8.42 Å². The Balaban J connectivity index is 2.08. The number of hydrogen-bond acceptors (Lipinski definition) is 4. The van der Waals surface area contributed by atoms with Crippen molar-refractivity contribution in [2.45, 2.75) is 38.6 Å². The number of H-pyrrole nitrogens is 1. The number of rotatable bonds is 5. The van der Waals surface area contributed by atoms with Gasteiger partial charge in [-0.2, -0.15) is 0 Å². The van der Waals surface area contributed by atoms with Crippen LogP contribution in [-0.2, 0) is 21.1 Å². The van der Waals surface area contributed by atoms with Gasteiger partial charge in [0.2, 0.25) is 11.5 Å². The maximum atomic E-state index is 11.9. The second-order valence-electron chi connectivity index (χ2n) is 5.36. The Morgan fingerprint density at radius 1 is 1.43 bits per heavy atom. The van der Waals surface area contributed by atoms with E-state index in [9.17, 15) is 18.0 Å². The molecule has 2 N–H and O–H groups in total.